The topological polar surface area (TPSA) is 81.8 Å². The number of aryl methyl sites for hydroxylation is 1. The van der Waals surface area contributed by atoms with E-state index in [1.54, 1.807) is 25.2 Å². The van der Waals surface area contributed by atoms with E-state index in [4.69, 9.17) is 0 Å². The fourth-order valence-corrected chi connectivity index (χ4v) is 2.69. The van der Waals surface area contributed by atoms with Gasteiger partial charge < -0.3 is 9.88 Å². The third kappa shape index (κ3) is 4.05. The lowest BCUT2D eigenvalue weighted by atomic mass is 10.1. The second kappa shape index (κ2) is 7.77. The highest BCUT2D eigenvalue weighted by atomic mass is 19.1. The van der Waals surface area contributed by atoms with Crippen LogP contribution in [0.25, 0.3) is 11.3 Å². The van der Waals surface area contributed by atoms with E-state index in [9.17, 15) is 14.0 Å². The fraction of sp³-hybridized carbons (Fsp3) is 0.211. The quantitative estimate of drug-likeness (QED) is 0.714. The molecule has 3 rings (SSSR count). The maximum Gasteiger partial charge on any atom is 0.260 e. The molecule has 134 valence electrons. The third-order valence-corrected chi connectivity index (χ3v) is 4.09. The van der Waals surface area contributed by atoms with Crippen LogP contribution in [-0.2, 0) is 6.42 Å². The summed E-state index contributed by atoms with van der Waals surface area (Å²) in [4.78, 5) is 28.0. The molecular weight excluding hydrogens is 335 g/mol. The summed E-state index contributed by atoms with van der Waals surface area (Å²) in [6.45, 7) is 0.501. The van der Waals surface area contributed by atoms with Crippen molar-refractivity contribution in [2.24, 2.45) is 0 Å². The molecule has 2 heterocycles. The predicted octanol–water partition coefficient (Wildman–Crippen LogP) is 2.61. The molecule has 6 nitrogen and oxygen atoms in total. The van der Waals surface area contributed by atoms with E-state index < -0.39 is 5.56 Å². The number of hydrogen-bond acceptors (Lipinski definition) is 3. The van der Waals surface area contributed by atoms with Gasteiger partial charge in [0.05, 0.1) is 5.69 Å². The number of nitrogens with zero attached hydrogens (tertiary/aromatic N) is 2. The lowest BCUT2D eigenvalue weighted by Crippen LogP contribution is -2.32. The van der Waals surface area contributed by atoms with E-state index in [2.05, 4.69) is 15.2 Å². The monoisotopic (exact) mass is 354 g/mol. The van der Waals surface area contributed by atoms with Crippen LogP contribution in [0, 0.1) is 5.82 Å². The number of hydrogen-bond donors (Lipinski definition) is 2. The van der Waals surface area contributed by atoms with Gasteiger partial charge in [-0.15, -0.1) is 0 Å². The van der Waals surface area contributed by atoms with E-state index in [-0.39, 0.29) is 17.3 Å². The number of benzene rings is 1. The van der Waals surface area contributed by atoms with Gasteiger partial charge in [-0.3, -0.25) is 14.7 Å². The van der Waals surface area contributed by atoms with Crippen LogP contribution >= 0.6 is 0 Å². The fourth-order valence-electron chi connectivity index (χ4n) is 2.69. The maximum atomic E-state index is 13.3. The number of pyridine rings is 1. The number of nitrogens with one attached hydrogen (secondary N) is 2. The highest BCUT2D eigenvalue weighted by Crippen LogP contribution is 2.19. The second-order valence-corrected chi connectivity index (χ2v) is 6.03. The van der Waals surface area contributed by atoms with Crippen molar-refractivity contribution in [3.63, 3.8) is 0 Å². The Kier molecular flexibility index (Phi) is 5.26. The summed E-state index contributed by atoms with van der Waals surface area (Å²) >= 11 is 0. The molecule has 0 aliphatic rings. The SMILES string of the molecule is CN(CCCc1cc(-c2cccc(F)c2)n[nH]1)C(=O)c1ccc[nH]c1=O. The molecule has 7 heteroatoms. The molecule has 0 bridgehead atoms. The van der Waals surface area contributed by atoms with Crippen molar-refractivity contribution in [3.8, 4) is 11.3 Å². The number of carbonyl (C=O) groups excluding carboxylic acids is 1. The van der Waals surface area contributed by atoms with Gasteiger partial charge in [-0.2, -0.15) is 5.10 Å². The Balaban J connectivity index is 1.56. The first kappa shape index (κ1) is 17.6. The standard InChI is InChI=1S/C19H19FN4O2/c1-24(19(26)16-8-3-9-21-18(16)25)10-4-7-15-12-17(23-22-15)13-5-2-6-14(20)11-13/h2-3,5-6,8-9,11-12H,4,7,10H2,1H3,(H,21,25)(H,22,23). The van der Waals surface area contributed by atoms with Gasteiger partial charge in [-0.25, -0.2) is 4.39 Å². The van der Waals surface area contributed by atoms with Crippen LogP contribution in [0.3, 0.4) is 0 Å². The number of amides is 1. The van der Waals surface area contributed by atoms with Crippen LogP contribution in [-0.4, -0.2) is 39.6 Å². The Morgan fingerprint density at radius 1 is 1.23 bits per heavy atom. The van der Waals surface area contributed by atoms with Crippen LogP contribution in [0.4, 0.5) is 4.39 Å². The lowest BCUT2D eigenvalue weighted by molar-refractivity contribution is 0.0791. The molecule has 2 N–H and O–H groups in total. The lowest BCUT2D eigenvalue weighted by Gasteiger charge is -2.16. The van der Waals surface area contributed by atoms with Gasteiger partial charge in [0, 0.05) is 31.0 Å². The van der Waals surface area contributed by atoms with Crippen molar-refractivity contribution in [3.05, 3.63) is 76.1 Å². The molecule has 0 spiro atoms. The Labute approximate surface area is 149 Å². The molecule has 1 amide bonds. The van der Waals surface area contributed by atoms with E-state index >= 15 is 0 Å². The average molecular weight is 354 g/mol. The van der Waals surface area contributed by atoms with E-state index in [0.29, 0.717) is 30.6 Å². The molecule has 0 fully saturated rings. The molecule has 0 aliphatic carbocycles. The van der Waals surface area contributed by atoms with E-state index in [1.165, 1.54) is 29.3 Å². The summed E-state index contributed by atoms with van der Waals surface area (Å²) < 4.78 is 13.3. The van der Waals surface area contributed by atoms with Gasteiger partial charge in [0.15, 0.2) is 0 Å². The zero-order chi connectivity index (χ0) is 18.5. The molecule has 0 saturated carbocycles. The molecule has 1 aromatic carbocycles. The largest absolute Gasteiger partial charge is 0.342 e. The molecule has 0 unspecified atom stereocenters. The Hall–Kier alpha value is -3.22. The molecule has 3 aromatic rings. The van der Waals surface area contributed by atoms with Crippen LogP contribution < -0.4 is 5.56 Å². The summed E-state index contributed by atoms with van der Waals surface area (Å²) in [7, 11) is 1.67. The van der Waals surface area contributed by atoms with Gasteiger partial charge in [0.1, 0.15) is 11.4 Å². The minimum atomic E-state index is -0.391. The van der Waals surface area contributed by atoms with Gasteiger partial charge in [-0.05, 0) is 43.2 Å². The Morgan fingerprint density at radius 2 is 2.08 bits per heavy atom. The molecule has 0 radical (unpaired) electrons. The third-order valence-electron chi connectivity index (χ3n) is 4.09. The molecule has 0 aliphatic heterocycles. The number of halogens is 1. The van der Waals surface area contributed by atoms with E-state index in [0.717, 1.165) is 5.69 Å². The van der Waals surface area contributed by atoms with Crippen molar-refractivity contribution < 1.29 is 9.18 Å². The van der Waals surface area contributed by atoms with Crippen molar-refractivity contribution in [2.45, 2.75) is 12.8 Å². The minimum absolute atomic E-state index is 0.130. The molecular formula is C19H19FN4O2. The molecule has 0 atom stereocenters. The van der Waals surface area contributed by atoms with Gasteiger partial charge in [-0.1, -0.05) is 12.1 Å². The first-order valence-electron chi connectivity index (χ1n) is 8.28. The van der Waals surface area contributed by atoms with Crippen molar-refractivity contribution in [1.29, 1.82) is 0 Å². The first-order valence-corrected chi connectivity index (χ1v) is 8.28. The second-order valence-electron chi connectivity index (χ2n) is 6.03. The first-order chi connectivity index (χ1) is 12.5. The predicted molar refractivity (Wildman–Crippen MR) is 96.3 cm³/mol. The van der Waals surface area contributed by atoms with Gasteiger partial charge in [0.25, 0.3) is 11.5 Å². The van der Waals surface area contributed by atoms with Crippen molar-refractivity contribution >= 4 is 5.91 Å². The summed E-state index contributed by atoms with van der Waals surface area (Å²) in [6.07, 6.45) is 2.89. The summed E-state index contributed by atoms with van der Waals surface area (Å²) in [5.74, 6) is -0.611. The number of carbonyl (C=O) groups is 1. The average Bonchev–Trinajstić information content (AvgIpc) is 3.10. The maximum absolute atomic E-state index is 13.3. The molecule has 0 saturated heterocycles. The summed E-state index contributed by atoms with van der Waals surface area (Å²) in [6, 6.07) is 11.3. The van der Waals surface area contributed by atoms with Crippen molar-refractivity contribution in [1.82, 2.24) is 20.1 Å². The molecule has 2 aromatic heterocycles. The number of H-pyrrole nitrogens is 2. The van der Waals surface area contributed by atoms with Crippen molar-refractivity contribution in [2.75, 3.05) is 13.6 Å². The normalized spacial score (nSPS) is 10.7. The number of rotatable bonds is 6. The Bertz CT molecular complexity index is 964. The minimum Gasteiger partial charge on any atom is -0.342 e. The Morgan fingerprint density at radius 3 is 2.85 bits per heavy atom. The number of aromatic amines is 2. The molecule has 26 heavy (non-hydrogen) atoms. The van der Waals surface area contributed by atoms with Crippen LogP contribution in [0.2, 0.25) is 0 Å². The smallest absolute Gasteiger partial charge is 0.260 e. The van der Waals surface area contributed by atoms with Crippen LogP contribution in [0.15, 0.2) is 53.5 Å². The summed E-state index contributed by atoms with van der Waals surface area (Å²) in [5.41, 5.74) is 2.04. The van der Waals surface area contributed by atoms with Crippen LogP contribution in [0.1, 0.15) is 22.5 Å². The number of aromatic nitrogens is 3. The summed E-state index contributed by atoms with van der Waals surface area (Å²) in [5, 5.41) is 7.14. The highest BCUT2D eigenvalue weighted by molar-refractivity contribution is 5.93. The zero-order valence-electron chi connectivity index (χ0n) is 14.3. The zero-order valence-corrected chi connectivity index (χ0v) is 14.3. The highest BCUT2D eigenvalue weighted by Gasteiger charge is 2.14. The van der Waals surface area contributed by atoms with E-state index in [1.807, 2.05) is 6.07 Å². The van der Waals surface area contributed by atoms with Crippen LogP contribution in [0.5, 0.6) is 0 Å². The van der Waals surface area contributed by atoms with Gasteiger partial charge >= 0.3 is 0 Å². The van der Waals surface area contributed by atoms with Gasteiger partial charge in [0.2, 0.25) is 0 Å².